The number of aromatic nitrogens is 2. The highest BCUT2D eigenvalue weighted by Crippen LogP contribution is 2.28. The van der Waals surface area contributed by atoms with Crippen LogP contribution >= 0.6 is 27.9 Å². The Labute approximate surface area is 200 Å². The molecule has 0 saturated carbocycles. The molecule has 2 aromatic carbocycles. The minimum absolute atomic E-state index is 0.215. The molecule has 32 heavy (non-hydrogen) atoms. The van der Waals surface area contributed by atoms with Crippen LogP contribution in [-0.4, -0.2) is 21.9 Å². The minimum Gasteiger partial charge on any atom is -0.365 e. The Hall–Kier alpha value is -2.69. The molecule has 5 N–H and O–H groups in total. The van der Waals surface area contributed by atoms with Crippen molar-refractivity contribution in [3.05, 3.63) is 64.5 Å². The quantitative estimate of drug-likeness (QED) is 0.270. The number of hydrogen-bond donors (Lipinski definition) is 4. The van der Waals surface area contributed by atoms with Crippen molar-refractivity contribution in [1.29, 1.82) is 0 Å². The van der Waals surface area contributed by atoms with E-state index in [0.29, 0.717) is 22.3 Å². The average Bonchev–Trinajstić information content (AvgIpc) is 2.77. The van der Waals surface area contributed by atoms with Crippen molar-refractivity contribution in [2.45, 2.75) is 38.6 Å². The molecule has 7 nitrogen and oxygen atoms in total. The topological polar surface area (TPSA) is 105 Å². The van der Waals surface area contributed by atoms with Crippen LogP contribution in [0.5, 0.6) is 0 Å². The molecular formula is C22H26BrFN6OS. The first-order chi connectivity index (χ1) is 15.3. The van der Waals surface area contributed by atoms with Gasteiger partial charge in [-0.1, -0.05) is 19.9 Å². The van der Waals surface area contributed by atoms with Gasteiger partial charge in [0.05, 0.1) is 15.7 Å². The molecule has 0 saturated heterocycles. The fraction of sp³-hybridized carbons (Fsp3) is 0.227. The van der Waals surface area contributed by atoms with Gasteiger partial charge in [-0.15, -0.1) is 0 Å². The van der Waals surface area contributed by atoms with E-state index < -0.39 is 11.7 Å². The Morgan fingerprint density at radius 2 is 1.81 bits per heavy atom. The van der Waals surface area contributed by atoms with E-state index in [1.54, 1.807) is 24.2 Å². The van der Waals surface area contributed by atoms with E-state index in [0.717, 1.165) is 10.6 Å². The van der Waals surface area contributed by atoms with Crippen molar-refractivity contribution in [1.82, 2.24) is 14.7 Å². The number of primary amides is 1. The predicted molar refractivity (Wildman–Crippen MR) is 133 cm³/mol. The molecule has 0 unspecified atom stereocenters. The molecule has 0 atom stereocenters. The Morgan fingerprint density at radius 3 is 2.44 bits per heavy atom. The molecule has 0 spiro atoms. The molecule has 0 aliphatic heterocycles. The van der Waals surface area contributed by atoms with Gasteiger partial charge in [-0.3, -0.25) is 9.52 Å². The van der Waals surface area contributed by atoms with Crippen LogP contribution in [0, 0.1) is 5.82 Å². The highest BCUT2D eigenvalue weighted by Gasteiger charge is 2.16. The van der Waals surface area contributed by atoms with Crippen LogP contribution in [0.25, 0.3) is 0 Å². The lowest BCUT2D eigenvalue weighted by Gasteiger charge is -2.13. The summed E-state index contributed by atoms with van der Waals surface area (Å²) in [7, 11) is 0. The van der Waals surface area contributed by atoms with Crippen molar-refractivity contribution >= 4 is 56.9 Å². The van der Waals surface area contributed by atoms with E-state index in [1.807, 2.05) is 38.1 Å². The van der Waals surface area contributed by atoms with E-state index >= 15 is 0 Å². The first-order valence-corrected chi connectivity index (χ1v) is 11.6. The van der Waals surface area contributed by atoms with Crippen molar-refractivity contribution in [2.24, 2.45) is 5.73 Å². The highest BCUT2D eigenvalue weighted by atomic mass is 79.9. The Kier molecular flexibility index (Phi) is 9.89. The number of carbonyl (C=O) groups is 1. The number of rotatable bonds is 8. The van der Waals surface area contributed by atoms with Gasteiger partial charge in [0.15, 0.2) is 0 Å². The molecular weight excluding hydrogens is 495 g/mol. The fourth-order valence-corrected chi connectivity index (χ4v) is 3.38. The van der Waals surface area contributed by atoms with E-state index in [2.05, 4.69) is 55.1 Å². The summed E-state index contributed by atoms with van der Waals surface area (Å²) in [5, 5.41) is 6.05. The van der Waals surface area contributed by atoms with Crippen LogP contribution in [-0.2, 0) is 0 Å². The number of nitrogens with zero attached hydrogens (tertiary/aromatic N) is 2. The first kappa shape index (κ1) is 25.6. The maximum Gasteiger partial charge on any atom is 0.253 e. The maximum atomic E-state index is 14.0. The second-order valence-electron chi connectivity index (χ2n) is 6.57. The summed E-state index contributed by atoms with van der Waals surface area (Å²) in [5.41, 5.74) is 6.09. The van der Waals surface area contributed by atoms with Crippen molar-refractivity contribution in [2.75, 3.05) is 10.6 Å². The van der Waals surface area contributed by atoms with Gasteiger partial charge >= 0.3 is 0 Å². The summed E-state index contributed by atoms with van der Waals surface area (Å²) in [6.07, 6.45) is 1.55. The standard InChI is InChI=1S/C20H20BrFN6OS.C2H6/c1-11(2)28-30-13-8-6-12(7-9-13)25-20-24-10-14(21)19(27-20)26-16-5-3-4-15(22)17(16)18(23)29;1-2/h3-11,28H,1-2H3,(H2,23,29)(H2,24,25,26,27);1-2H3. The van der Waals surface area contributed by atoms with Crippen LogP contribution in [0.15, 0.2) is 58.0 Å². The number of carbonyl (C=O) groups excluding carboxylic acids is 1. The molecule has 0 aliphatic carbocycles. The molecule has 170 valence electrons. The molecule has 1 amide bonds. The SMILES string of the molecule is CC.CC(C)NSc1ccc(Nc2ncc(Br)c(Nc3cccc(F)c3C(N)=O)n2)cc1. The number of benzene rings is 2. The third-order valence-electron chi connectivity index (χ3n) is 3.78. The molecule has 3 rings (SSSR count). The highest BCUT2D eigenvalue weighted by molar-refractivity contribution is 9.10. The maximum absolute atomic E-state index is 14.0. The van der Waals surface area contributed by atoms with Gasteiger partial charge < -0.3 is 16.4 Å². The van der Waals surface area contributed by atoms with Gasteiger partial charge in [0, 0.05) is 22.8 Å². The Morgan fingerprint density at radius 1 is 1.12 bits per heavy atom. The molecule has 1 aromatic heterocycles. The lowest BCUT2D eigenvalue weighted by molar-refractivity contribution is 0.0997. The third kappa shape index (κ3) is 7.18. The number of nitrogens with one attached hydrogen (secondary N) is 3. The van der Waals surface area contributed by atoms with E-state index in [4.69, 9.17) is 5.73 Å². The van der Waals surface area contributed by atoms with E-state index in [9.17, 15) is 9.18 Å². The normalized spacial score (nSPS) is 10.3. The smallest absolute Gasteiger partial charge is 0.253 e. The molecule has 0 aliphatic rings. The summed E-state index contributed by atoms with van der Waals surface area (Å²) in [6, 6.07) is 12.4. The van der Waals surface area contributed by atoms with Crippen LogP contribution in [0.2, 0.25) is 0 Å². The number of amides is 1. The van der Waals surface area contributed by atoms with Gasteiger partial charge in [0.25, 0.3) is 5.91 Å². The molecule has 3 aromatic rings. The molecule has 1 heterocycles. The van der Waals surface area contributed by atoms with Crippen molar-refractivity contribution in [3.8, 4) is 0 Å². The zero-order valence-electron chi connectivity index (χ0n) is 18.2. The van der Waals surface area contributed by atoms with Crippen molar-refractivity contribution in [3.63, 3.8) is 0 Å². The van der Waals surface area contributed by atoms with Crippen LogP contribution in [0.1, 0.15) is 38.1 Å². The van der Waals surface area contributed by atoms with Crippen LogP contribution in [0.3, 0.4) is 0 Å². The number of anilines is 4. The molecule has 0 bridgehead atoms. The van der Waals surface area contributed by atoms with E-state index in [1.165, 1.54) is 12.1 Å². The van der Waals surface area contributed by atoms with Crippen LogP contribution < -0.4 is 21.1 Å². The summed E-state index contributed by atoms with van der Waals surface area (Å²) < 4.78 is 17.8. The van der Waals surface area contributed by atoms with Gasteiger partial charge in [0.2, 0.25) is 5.95 Å². The number of hydrogen-bond acceptors (Lipinski definition) is 7. The van der Waals surface area contributed by atoms with Gasteiger partial charge in [-0.25, -0.2) is 9.37 Å². The second kappa shape index (κ2) is 12.4. The molecule has 10 heteroatoms. The molecule has 0 radical (unpaired) electrons. The average molecular weight is 521 g/mol. The minimum atomic E-state index is -0.871. The monoisotopic (exact) mass is 520 g/mol. The van der Waals surface area contributed by atoms with Crippen LogP contribution in [0.4, 0.5) is 27.5 Å². The van der Waals surface area contributed by atoms with Gasteiger partial charge in [0.1, 0.15) is 11.6 Å². The zero-order valence-corrected chi connectivity index (χ0v) is 20.6. The summed E-state index contributed by atoms with van der Waals surface area (Å²) in [5.74, 6) is -0.891. The number of nitrogens with two attached hydrogens (primary N) is 1. The fourth-order valence-electron chi connectivity index (χ4n) is 2.44. The summed E-state index contributed by atoms with van der Waals surface area (Å²) >= 11 is 4.92. The third-order valence-corrected chi connectivity index (χ3v) is 5.46. The first-order valence-electron chi connectivity index (χ1n) is 10.0. The van der Waals surface area contributed by atoms with Crippen molar-refractivity contribution < 1.29 is 9.18 Å². The molecule has 0 fully saturated rings. The predicted octanol–water partition coefficient (Wildman–Crippen LogP) is 6.00. The number of halogens is 2. The lowest BCUT2D eigenvalue weighted by Crippen LogP contribution is -2.16. The second-order valence-corrected chi connectivity index (χ2v) is 8.33. The largest absolute Gasteiger partial charge is 0.365 e. The van der Waals surface area contributed by atoms with Gasteiger partial charge in [-0.2, -0.15) is 4.98 Å². The van der Waals surface area contributed by atoms with E-state index in [-0.39, 0.29) is 11.3 Å². The Bertz CT molecular complexity index is 1050. The summed E-state index contributed by atoms with van der Waals surface area (Å²) in [6.45, 7) is 8.16. The Balaban J connectivity index is 0.00000176. The zero-order chi connectivity index (χ0) is 23.7. The van der Waals surface area contributed by atoms with Gasteiger partial charge in [-0.05, 0) is 78.1 Å². The lowest BCUT2D eigenvalue weighted by atomic mass is 10.1. The summed E-state index contributed by atoms with van der Waals surface area (Å²) in [4.78, 5) is 21.3.